The highest BCUT2D eigenvalue weighted by molar-refractivity contribution is 6.01. The summed E-state index contributed by atoms with van der Waals surface area (Å²) in [6.07, 6.45) is 7.87. The number of Topliss-reactive ketones (excluding diaryl/α,β-unsaturated/α-hetero) is 1. The number of esters is 1. The first-order chi connectivity index (χ1) is 21.1. The minimum Gasteiger partial charge on any atom is -0.462 e. The molecule has 0 heterocycles. The lowest BCUT2D eigenvalue weighted by Gasteiger charge is -2.72. The lowest BCUT2D eigenvalue weighted by molar-refractivity contribution is -0.232. The summed E-state index contributed by atoms with van der Waals surface area (Å²) in [5.41, 5.74) is 6.14. The maximum Gasteiger partial charge on any atom is 0.426 e. The third kappa shape index (κ3) is 5.41. The number of hydrogen-bond donors (Lipinski definition) is 2. The molecule has 5 rings (SSSR count). The van der Waals surface area contributed by atoms with Crippen molar-refractivity contribution in [3.8, 4) is 0 Å². The Balaban J connectivity index is 1.45. The van der Waals surface area contributed by atoms with Crippen molar-refractivity contribution in [3.05, 3.63) is 11.1 Å². The quantitative estimate of drug-likeness (QED) is 0.239. The molecule has 2 N–H and O–H groups in total. The third-order valence-electron chi connectivity index (χ3n) is 14.0. The van der Waals surface area contributed by atoms with E-state index in [0.29, 0.717) is 18.3 Å². The normalized spacial score (nSPS) is 39.9. The van der Waals surface area contributed by atoms with Gasteiger partial charge in [-0.1, -0.05) is 54.0 Å². The molecule has 8 atom stereocenters. The first kappa shape index (κ1) is 34.9. The molecule has 46 heavy (non-hydrogen) atoms. The lowest BCUT2D eigenvalue weighted by atomic mass is 9.33. The number of rotatable bonds is 4. The smallest absolute Gasteiger partial charge is 0.426 e. The Bertz CT molecular complexity index is 1330. The predicted molar refractivity (Wildman–Crippen MR) is 177 cm³/mol. The molecule has 4 saturated carbocycles. The number of amides is 2. The van der Waals surface area contributed by atoms with Crippen molar-refractivity contribution in [2.75, 3.05) is 0 Å². The van der Waals surface area contributed by atoms with Crippen LogP contribution < -0.4 is 10.9 Å². The van der Waals surface area contributed by atoms with Crippen molar-refractivity contribution in [1.29, 1.82) is 0 Å². The van der Waals surface area contributed by atoms with Gasteiger partial charge in [-0.3, -0.25) is 19.8 Å². The second-order valence-electron chi connectivity index (χ2n) is 18.3. The Morgan fingerprint density at radius 3 is 2.15 bits per heavy atom. The SMILES string of the molecule is CC(=O)O[C@H]1CC[C@]2(C)[C@H]3CC[C@@H]4C5=C(C(C)C)C(=O)C[C@]5(CC(=O)NNC(=O)OC(C)(C)C)CC[C@@]4(C)[C@]3(C)CC[C@H]2C1(C)C. The molecule has 0 radical (unpaired) electrons. The van der Waals surface area contributed by atoms with Gasteiger partial charge in [0.2, 0.25) is 5.91 Å². The van der Waals surface area contributed by atoms with Crippen molar-refractivity contribution in [2.24, 2.45) is 50.7 Å². The number of hydrazine groups is 1. The first-order valence-corrected chi connectivity index (χ1v) is 17.8. The molecular formula is C38H60N2O6. The Morgan fingerprint density at radius 2 is 1.54 bits per heavy atom. The fraction of sp³-hybridized carbons (Fsp3) is 0.842. The zero-order chi connectivity index (χ0) is 34.3. The molecule has 2 amide bonds. The molecule has 0 aliphatic heterocycles. The molecule has 258 valence electrons. The van der Waals surface area contributed by atoms with Crippen LogP contribution in [0.3, 0.4) is 0 Å². The highest BCUT2D eigenvalue weighted by atomic mass is 16.6. The van der Waals surface area contributed by atoms with Crippen LogP contribution in [-0.2, 0) is 23.9 Å². The van der Waals surface area contributed by atoms with Gasteiger partial charge in [0.25, 0.3) is 0 Å². The van der Waals surface area contributed by atoms with E-state index >= 15 is 0 Å². The molecule has 8 nitrogen and oxygen atoms in total. The second kappa shape index (κ2) is 11.4. The van der Waals surface area contributed by atoms with Gasteiger partial charge in [0.1, 0.15) is 11.7 Å². The van der Waals surface area contributed by atoms with E-state index in [4.69, 9.17) is 9.47 Å². The molecule has 0 aromatic heterocycles. The van der Waals surface area contributed by atoms with E-state index < -0.39 is 17.1 Å². The molecule has 8 heteroatoms. The molecule has 5 aliphatic carbocycles. The number of carbonyl (C=O) groups excluding carboxylic acids is 4. The van der Waals surface area contributed by atoms with Crippen LogP contribution in [0.4, 0.5) is 4.79 Å². The lowest BCUT2D eigenvalue weighted by Crippen LogP contribution is -2.65. The Morgan fingerprint density at radius 1 is 0.870 bits per heavy atom. The maximum atomic E-state index is 13.8. The summed E-state index contributed by atoms with van der Waals surface area (Å²) in [5, 5.41) is 0. The average Bonchev–Trinajstić information content (AvgIpc) is 3.20. The Labute approximate surface area is 276 Å². The van der Waals surface area contributed by atoms with E-state index in [1.807, 2.05) is 0 Å². The van der Waals surface area contributed by atoms with Gasteiger partial charge in [-0.2, -0.15) is 0 Å². The molecule has 0 spiro atoms. The monoisotopic (exact) mass is 640 g/mol. The first-order valence-electron chi connectivity index (χ1n) is 17.8. The highest BCUT2D eigenvalue weighted by Gasteiger charge is 2.70. The van der Waals surface area contributed by atoms with Crippen LogP contribution in [0, 0.1) is 50.7 Å². The Hall–Kier alpha value is -2.38. The number of carbonyl (C=O) groups is 4. The van der Waals surface area contributed by atoms with Gasteiger partial charge in [-0.25, -0.2) is 10.2 Å². The summed E-state index contributed by atoms with van der Waals surface area (Å²) in [5.74, 6) is 1.05. The minimum absolute atomic E-state index is 0.00436. The van der Waals surface area contributed by atoms with Crippen molar-refractivity contribution < 1.29 is 28.7 Å². The fourth-order valence-corrected chi connectivity index (χ4v) is 12.1. The number of fused-ring (bicyclic) bond motifs is 7. The van der Waals surface area contributed by atoms with Crippen LogP contribution in [-0.4, -0.2) is 35.5 Å². The molecule has 5 aliphatic rings. The van der Waals surface area contributed by atoms with E-state index in [9.17, 15) is 19.2 Å². The van der Waals surface area contributed by atoms with Crippen LogP contribution in [0.2, 0.25) is 0 Å². The maximum absolute atomic E-state index is 13.8. The van der Waals surface area contributed by atoms with Crippen LogP contribution in [0.1, 0.15) is 140 Å². The van der Waals surface area contributed by atoms with Crippen LogP contribution >= 0.6 is 0 Å². The summed E-state index contributed by atoms with van der Waals surface area (Å²) in [6.45, 7) is 23.3. The van der Waals surface area contributed by atoms with Gasteiger partial charge in [-0.05, 0) is 118 Å². The summed E-state index contributed by atoms with van der Waals surface area (Å²) < 4.78 is 11.2. The second-order valence-corrected chi connectivity index (χ2v) is 18.3. The largest absolute Gasteiger partial charge is 0.462 e. The van der Waals surface area contributed by atoms with Gasteiger partial charge >= 0.3 is 12.1 Å². The van der Waals surface area contributed by atoms with Gasteiger partial charge in [0, 0.05) is 30.6 Å². The average molecular weight is 641 g/mol. The summed E-state index contributed by atoms with van der Waals surface area (Å²) in [7, 11) is 0. The number of ether oxygens (including phenoxy) is 2. The van der Waals surface area contributed by atoms with Gasteiger partial charge < -0.3 is 9.47 Å². The van der Waals surface area contributed by atoms with E-state index in [0.717, 1.165) is 56.9 Å². The molecule has 0 aromatic carbocycles. The van der Waals surface area contributed by atoms with Crippen molar-refractivity contribution >= 4 is 23.8 Å². The van der Waals surface area contributed by atoms with E-state index in [2.05, 4.69) is 59.3 Å². The number of allylic oxidation sites excluding steroid dienone is 2. The van der Waals surface area contributed by atoms with E-state index in [1.165, 1.54) is 12.5 Å². The molecule has 4 fully saturated rings. The molecule has 0 saturated heterocycles. The van der Waals surface area contributed by atoms with Crippen molar-refractivity contribution in [1.82, 2.24) is 10.9 Å². The Kier molecular flexibility index (Phi) is 8.63. The van der Waals surface area contributed by atoms with Crippen molar-refractivity contribution in [2.45, 2.75) is 152 Å². The fourth-order valence-electron chi connectivity index (χ4n) is 12.1. The van der Waals surface area contributed by atoms with Gasteiger partial charge in [0.05, 0.1) is 0 Å². The van der Waals surface area contributed by atoms with E-state index in [1.54, 1.807) is 20.8 Å². The van der Waals surface area contributed by atoms with Gasteiger partial charge in [-0.15, -0.1) is 0 Å². The zero-order valence-corrected chi connectivity index (χ0v) is 30.4. The molecule has 0 unspecified atom stereocenters. The van der Waals surface area contributed by atoms with Crippen LogP contribution in [0.5, 0.6) is 0 Å². The van der Waals surface area contributed by atoms with Crippen LogP contribution in [0.25, 0.3) is 0 Å². The van der Waals surface area contributed by atoms with E-state index in [-0.39, 0.29) is 63.7 Å². The van der Waals surface area contributed by atoms with Crippen LogP contribution in [0.15, 0.2) is 11.1 Å². The predicted octanol–water partition coefficient (Wildman–Crippen LogP) is 7.84. The van der Waals surface area contributed by atoms with Crippen molar-refractivity contribution in [3.63, 3.8) is 0 Å². The zero-order valence-electron chi connectivity index (χ0n) is 30.4. The number of nitrogens with one attached hydrogen (secondary N) is 2. The number of hydrogen-bond acceptors (Lipinski definition) is 6. The summed E-state index contributed by atoms with van der Waals surface area (Å²) >= 11 is 0. The molecule has 0 aromatic rings. The summed E-state index contributed by atoms with van der Waals surface area (Å²) in [6, 6.07) is 0. The number of ketones is 1. The topological polar surface area (TPSA) is 111 Å². The minimum atomic E-state index is -0.698. The molecule has 0 bridgehead atoms. The summed E-state index contributed by atoms with van der Waals surface area (Å²) in [4.78, 5) is 51.6. The standard InChI is InChI=1S/C38H60N2O6/c1-22(2)30-25(42)20-38(21-29(43)39-40-32(44)46-33(4,5)6)19-18-36(10)24(31(30)38)12-13-27-35(9)16-15-28(45-23(3)41)34(7,8)26(35)14-17-37(27,36)11/h22,24,26-28H,12-21H2,1-11H3,(H,39,43)(H,40,44)/t24-,26+,27-,28+,35+,36-,37-,38+/m1/s1. The van der Waals surface area contributed by atoms with Gasteiger partial charge in [0.15, 0.2) is 5.78 Å². The third-order valence-corrected chi connectivity index (χ3v) is 14.0. The highest BCUT2D eigenvalue weighted by Crippen LogP contribution is 2.77. The molecular weight excluding hydrogens is 580 g/mol.